The Kier molecular flexibility index (Phi) is 7.10. The summed E-state index contributed by atoms with van der Waals surface area (Å²) in [4.78, 5) is 10.4. The first kappa shape index (κ1) is 29.8. The fourth-order valence-electron chi connectivity index (χ4n) is 7.42. The van der Waals surface area contributed by atoms with E-state index in [1.165, 1.54) is 5.56 Å². The molecule has 0 atom stereocenters. The lowest BCUT2D eigenvalue weighted by Gasteiger charge is -2.12. The highest BCUT2D eigenvalue weighted by Gasteiger charge is 2.24. The number of fused-ring (bicyclic) bond motifs is 5. The number of nitrogens with zero attached hydrogens (tertiary/aromatic N) is 3. The van der Waals surface area contributed by atoms with Crippen molar-refractivity contribution in [3.05, 3.63) is 188 Å². The molecule has 0 N–H and O–H groups in total. The molecule has 4 heteroatoms. The summed E-state index contributed by atoms with van der Waals surface area (Å²) in [7, 11) is 0. The van der Waals surface area contributed by atoms with Gasteiger partial charge in [-0.25, -0.2) is 9.97 Å². The highest BCUT2D eigenvalue weighted by atomic mass is 16.3. The minimum Gasteiger partial charge on any atom is -0.455 e. The van der Waals surface area contributed by atoms with Crippen LogP contribution in [0.25, 0.3) is 94.8 Å². The average Bonchev–Trinajstić information content (AvgIpc) is 3.79. The number of rotatable bonds is 6. The van der Waals surface area contributed by atoms with Crippen molar-refractivity contribution in [3.8, 4) is 62.0 Å². The molecule has 0 fully saturated rings. The normalized spacial score (nSPS) is 11.5. The lowest BCUT2D eigenvalue weighted by Crippen LogP contribution is -2.02. The van der Waals surface area contributed by atoms with Crippen molar-refractivity contribution < 1.29 is 4.42 Å². The molecule has 0 aliphatic rings. The molecule has 0 saturated heterocycles. The molecule has 0 spiro atoms. The molecular weight excluding hydrogens is 635 g/mol. The minimum atomic E-state index is 0.669. The highest BCUT2D eigenvalue weighted by molar-refractivity contribution is 6.22. The fraction of sp³-hybridized carbons (Fsp3) is 0. The zero-order valence-corrected chi connectivity index (χ0v) is 28.1. The monoisotopic (exact) mass is 665 g/mol. The topological polar surface area (TPSA) is 43.9 Å². The molecule has 3 heterocycles. The van der Waals surface area contributed by atoms with Crippen LogP contribution < -0.4 is 0 Å². The zero-order chi connectivity index (χ0) is 34.4. The van der Waals surface area contributed by atoms with Crippen molar-refractivity contribution in [1.29, 1.82) is 0 Å². The number of benzene rings is 7. The van der Waals surface area contributed by atoms with E-state index >= 15 is 0 Å². The molecular formula is C48H31N3O. The van der Waals surface area contributed by atoms with Crippen molar-refractivity contribution in [2.45, 2.75) is 0 Å². The van der Waals surface area contributed by atoms with E-state index in [-0.39, 0.29) is 0 Å². The van der Waals surface area contributed by atoms with E-state index < -0.39 is 0 Å². The van der Waals surface area contributed by atoms with Crippen molar-refractivity contribution in [2.75, 3.05) is 0 Å². The third-order valence-corrected chi connectivity index (χ3v) is 9.85. The highest BCUT2D eigenvalue weighted by Crippen LogP contribution is 2.46. The molecule has 10 rings (SSSR count). The first-order chi connectivity index (χ1) is 25.8. The molecule has 0 aliphatic heterocycles. The van der Waals surface area contributed by atoms with E-state index in [1.807, 2.05) is 30.3 Å². The Hall–Kier alpha value is -7.04. The van der Waals surface area contributed by atoms with Crippen LogP contribution in [0.5, 0.6) is 0 Å². The Morgan fingerprint density at radius 3 is 1.65 bits per heavy atom. The van der Waals surface area contributed by atoms with Crippen molar-refractivity contribution in [1.82, 2.24) is 14.5 Å². The van der Waals surface area contributed by atoms with Gasteiger partial charge in [-0.05, 0) is 34.9 Å². The van der Waals surface area contributed by atoms with Crippen LogP contribution in [0.4, 0.5) is 0 Å². The second-order valence-electron chi connectivity index (χ2n) is 13.0. The van der Waals surface area contributed by atoms with Gasteiger partial charge in [0, 0.05) is 39.1 Å². The zero-order valence-electron chi connectivity index (χ0n) is 28.1. The van der Waals surface area contributed by atoms with Crippen LogP contribution in [-0.4, -0.2) is 14.5 Å². The van der Waals surface area contributed by atoms with Gasteiger partial charge in [0.1, 0.15) is 17.2 Å². The molecule has 0 radical (unpaired) electrons. The largest absolute Gasteiger partial charge is 0.455 e. The third kappa shape index (κ3) is 5.00. The summed E-state index contributed by atoms with van der Waals surface area (Å²) in [5.74, 6) is 2.32. The lowest BCUT2D eigenvalue weighted by molar-refractivity contribution is 0.636. The molecule has 0 amide bonds. The second kappa shape index (κ2) is 12.4. The first-order valence-electron chi connectivity index (χ1n) is 17.5. The third-order valence-electron chi connectivity index (χ3n) is 9.85. The Balaban J connectivity index is 1.23. The Morgan fingerprint density at radius 2 is 0.962 bits per heavy atom. The Labute approximate surface area is 300 Å². The molecule has 4 nitrogen and oxygen atoms in total. The van der Waals surface area contributed by atoms with Crippen LogP contribution in [0.15, 0.2) is 192 Å². The van der Waals surface area contributed by atoms with Crippen molar-refractivity contribution >= 4 is 32.8 Å². The number of hydrogen-bond acceptors (Lipinski definition) is 3. The van der Waals surface area contributed by atoms with E-state index in [0.29, 0.717) is 5.82 Å². The molecule has 10 aromatic rings. The number of para-hydroxylation sites is 1. The Bertz CT molecular complexity index is 2860. The van der Waals surface area contributed by atoms with Gasteiger partial charge in [0.05, 0.1) is 22.1 Å². The molecule has 0 aliphatic carbocycles. The van der Waals surface area contributed by atoms with Crippen LogP contribution in [0.1, 0.15) is 0 Å². The van der Waals surface area contributed by atoms with Gasteiger partial charge in [-0.15, -0.1) is 0 Å². The molecule has 3 aromatic heterocycles. The van der Waals surface area contributed by atoms with E-state index in [1.54, 1.807) is 0 Å². The molecule has 0 unspecified atom stereocenters. The summed E-state index contributed by atoms with van der Waals surface area (Å²) in [6.07, 6.45) is 0. The van der Waals surface area contributed by atoms with E-state index in [4.69, 9.17) is 14.4 Å². The van der Waals surface area contributed by atoms with Crippen LogP contribution >= 0.6 is 0 Å². The van der Waals surface area contributed by atoms with Crippen LogP contribution in [0.2, 0.25) is 0 Å². The molecule has 7 aromatic carbocycles. The molecule has 52 heavy (non-hydrogen) atoms. The summed E-state index contributed by atoms with van der Waals surface area (Å²) >= 11 is 0. The van der Waals surface area contributed by atoms with E-state index in [0.717, 1.165) is 83.4 Å². The summed E-state index contributed by atoms with van der Waals surface area (Å²) in [5.41, 5.74) is 11.4. The predicted octanol–water partition coefficient (Wildman–Crippen LogP) is 12.7. The SMILES string of the molecule is c1ccc(-c2ccc(-c3cc(-n4c5ccccc5c5c6oc(-c7ccccc7)c(-c7ccccc7)c6ccc54)nc(-c4ccccc4)n3)cc2)cc1. The Morgan fingerprint density at radius 1 is 0.404 bits per heavy atom. The van der Waals surface area contributed by atoms with Gasteiger partial charge in [0.2, 0.25) is 0 Å². The molecule has 244 valence electrons. The summed E-state index contributed by atoms with van der Waals surface area (Å²) in [6.45, 7) is 0. The van der Waals surface area contributed by atoms with Gasteiger partial charge >= 0.3 is 0 Å². The predicted molar refractivity (Wildman–Crippen MR) is 213 cm³/mol. The van der Waals surface area contributed by atoms with Gasteiger partial charge in [0.15, 0.2) is 5.82 Å². The molecule has 0 bridgehead atoms. The maximum atomic E-state index is 7.00. The number of hydrogen-bond donors (Lipinski definition) is 0. The average molecular weight is 666 g/mol. The molecule has 0 saturated carbocycles. The van der Waals surface area contributed by atoms with Crippen molar-refractivity contribution in [3.63, 3.8) is 0 Å². The van der Waals surface area contributed by atoms with Gasteiger partial charge in [-0.2, -0.15) is 0 Å². The van der Waals surface area contributed by atoms with E-state index in [9.17, 15) is 0 Å². The van der Waals surface area contributed by atoms with E-state index in [2.05, 4.69) is 162 Å². The standard InChI is InChI=1S/C48H31N3O/c1-5-15-32(16-6-1)33-25-27-34(28-26-33)40-31-43(50-48(49-40)37-21-11-4-12-22-37)51-41-24-14-13-23-38(41)45-42(51)30-29-39-44(35-17-7-2-8-18-35)46(52-47(39)45)36-19-9-3-10-20-36/h1-31H. The number of aromatic nitrogens is 3. The summed E-state index contributed by atoms with van der Waals surface area (Å²) in [5, 5.41) is 3.23. The van der Waals surface area contributed by atoms with Gasteiger partial charge < -0.3 is 4.42 Å². The van der Waals surface area contributed by atoms with Crippen LogP contribution in [0.3, 0.4) is 0 Å². The first-order valence-corrected chi connectivity index (χ1v) is 17.5. The smallest absolute Gasteiger partial charge is 0.162 e. The quantitative estimate of drug-likeness (QED) is 0.178. The fourth-order valence-corrected chi connectivity index (χ4v) is 7.42. The minimum absolute atomic E-state index is 0.669. The number of furan rings is 1. The van der Waals surface area contributed by atoms with Gasteiger partial charge in [0.25, 0.3) is 0 Å². The van der Waals surface area contributed by atoms with Gasteiger partial charge in [-0.3, -0.25) is 4.57 Å². The van der Waals surface area contributed by atoms with Crippen LogP contribution in [-0.2, 0) is 0 Å². The lowest BCUT2D eigenvalue weighted by atomic mass is 9.98. The van der Waals surface area contributed by atoms with Crippen LogP contribution in [0, 0.1) is 0 Å². The maximum absolute atomic E-state index is 7.00. The van der Waals surface area contributed by atoms with Crippen molar-refractivity contribution in [2.24, 2.45) is 0 Å². The van der Waals surface area contributed by atoms with Gasteiger partial charge in [-0.1, -0.05) is 164 Å². The maximum Gasteiger partial charge on any atom is 0.162 e. The summed E-state index contributed by atoms with van der Waals surface area (Å²) in [6, 6.07) is 65.3. The summed E-state index contributed by atoms with van der Waals surface area (Å²) < 4.78 is 9.25. The second-order valence-corrected chi connectivity index (χ2v) is 13.0.